The predicted molar refractivity (Wildman–Crippen MR) is 72.4 cm³/mol. The molecule has 9 heteroatoms. The molecule has 0 amide bonds. The zero-order valence-electron chi connectivity index (χ0n) is 12.3. The van der Waals surface area contributed by atoms with Crippen molar-refractivity contribution in [2.45, 2.75) is 50.6 Å². The Morgan fingerprint density at radius 1 is 0.952 bits per heavy atom. The van der Waals surface area contributed by atoms with Crippen molar-refractivity contribution < 1.29 is 19.8 Å². The SMILES string of the molecule is CC(C#N)(CCC(=O)O)N=NC(C)(C#N)CCC(=O)O.[Na]. The van der Waals surface area contributed by atoms with Gasteiger partial charge in [-0.2, -0.15) is 20.8 Å². The van der Waals surface area contributed by atoms with Gasteiger partial charge in [0, 0.05) is 42.4 Å². The summed E-state index contributed by atoms with van der Waals surface area (Å²) in [5.74, 6) is -2.12. The van der Waals surface area contributed by atoms with Crippen LogP contribution in [-0.2, 0) is 9.59 Å². The van der Waals surface area contributed by atoms with Gasteiger partial charge in [-0.3, -0.25) is 9.59 Å². The molecule has 0 heterocycles. The van der Waals surface area contributed by atoms with Crippen LogP contribution in [0, 0.1) is 22.7 Å². The second-order valence-electron chi connectivity index (χ2n) is 4.76. The normalized spacial score (nSPS) is 15.8. The van der Waals surface area contributed by atoms with Crippen LogP contribution in [-0.4, -0.2) is 62.8 Å². The molecule has 2 unspecified atom stereocenters. The van der Waals surface area contributed by atoms with Crippen molar-refractivity contribution in [1.29, 1.82) is 10.5 Å². The first kappa shape index (κ1) is 21.8. The number of carbonyl (C=O) groups is 2. The molecule has 2 atom stereocenters. The van der Waals surface area contributed by atoms with E-state index < -0.39 is 23.0 Å². The minimum Gasteiger partial charge on any atom is -0.481 e. The molecule has 0 saturated carbocycles. The van der Waals surface area contributed by atoms with Gasteiger partial charge in [-0.25, -0.2) is 0 Å². The van der Waals surface area contributed by atoms with Crippen LogP contribution in [0.1, 0.15) is 39.5 Å². The van der Waals surface area contributed by atoms with Crippen LogP contribution in [0.5, 0.6) is 0 Å². The fraction of sp³-hybridized carbons (Fsp3) is 0.667. The van der Waals surface area contributed by atoms with Crippen LogP contribution >= 0.6 is 0 Å². The number of rotatable bonds is 8. The Kier molecular flexibility index (Phi) is 9.82. The maximum absolute atomic E-state index is 10.5. The summed E-state index contributed by atoms with van der Waals surface area (Å²) < 4.78 is 0. The van der Waals surface area contributed by atoms with Gasteiger partial charge in [0.2, 0.25) is 0 Å². The molecule has 0 aliphatic rings. The molecule has 109 valence electrons. The molecule has 8 nitrogen and oxygen atoms in total. The summed E-state index contributed by atoms with van der Waals surface area (Å²) in [4.78, 5) is 21.0. The van der Waals surface area contributed by atoms with E-state index in [1.165, 1.54) is 13.8 Å². The van der Waals surface area contributed by atoms with Crippen LogP contribution < -0.4 is 0 Å². The van der Waals surface area contributed by atoms with Gasteiger partial charge >= 0.3 is 11.9 Å². The van der Waals surface area contributed by atoms with Gasteiger partial charge in [-0.15, -0.1) is 0 Å². The number of nitrogens with zero attached hydrogens (tertiary/aromatic N) is 4. The number of azo groups is 1. The molecule has 21 heavy (non-hydrogen) atoms. The average molecular weight is 303 g/mol. The smallest absolute Gasteiger partial charge is 0.303 e. The van der Waals surface area contributed by atoms with Crippen LogP contribution in [0.4, 0.5) is 0 Å². The molecule has 0 aromatic heterocycles. The van der Waals surface area contributed by atoms with Gasteiger partial charge < -0.3 is 10.2 Å². The van der Waals surface area contributed by atoms with Gasteiger partial charge in [-0.05, 0) is 26.7 Å². The second-order valence-corrected chi connectivity index (χ2v) is 4.76. The maximum Gasteiger partial charge on any atom is 0.303 e. The number of hydrogen-bond donors (Lipinski definition) is 2. The Morgan fingerprint density at radius 2 is 1.24 bits per heavy atom. The number of carboxylic acids is 2. The van der Waals surface area contributed by atoms with Crippen LogP contribution in [0.3, 0.4) is 0 Å². The van der Waals surface area contributed by atoms with E-state index in [1.54, 1.807) is 0 Å². The van der Waals surface area contributed by atoms with E-state index in [1.807, 2.05) is 12.1 Å². The molecular formula is C12H16N4NaO4. The van der Waals surface area contributed by atoms with E-state index in [4.69, 9.17) is 20.7 Å². The zero-order valence-corrected chi connectivity index (χ0v) is 14.3. The van der Waals surface area contributed by atoms with Crippen LogP contribution in [0.15, 0.2) is 10.2 Å². The maximum atomic E-state index is 10.5. The van der Waals surface area contributed by atoms with Crippen molar-refractivity contribution in [2.75, 3.05) is 0 Å². The van der Waals surface area contributed by atoms with Crippen molar-refractivity contribution in [1.82, 2.24) is 0 Å². The first-order valence-electron chi connectivity index (χ1n) is 5.86. The topological polar surface area (TPSA) is 147 Å². The molecule has 0 saturated heterocycles. The summed E-state index contributed by atoms with van der Waals surface area (Å²) in [6.07, 6.45) is -0.575. The molecule has 0 aromatic carbocycles. The van der Waals surface area contributed by atoms with Gasteiger partial charge in [0.05, 0.1) is 12.1 Å². The van der Waals surface area contributed by atoms with Gasteiger partial charge in [0.15, 0.2) is 11.1 Å². The van der Waals surface area contributed by atoms with E-state index in [0.29, 0.717) is 0 Å². The molecule has 0 bridgehead atoms. The molecular weight excluding hydrogens is 287 g/mol. The first-order chi connectivity index (χ1) is 9.16. The summed E-state index contributed by atoms with van der Waals surface area (Å²) in [7, 11) is 0. The Balaban J connectivity index is 0. The summed E-state index contributed by atoms with van der Waals surface area (Å²) in [5.41, 5.74) is -2.69. The largest absolute Gasteiger partial charge is 0.481 e. The summed E-state index contributed by atoms with van der Waals surface area (Å²) in [5, 5.41) is 42.7. The number of carboxylic acid groups (broad SMARTS) is 2. The number of aliphatic carboxylic acids is 2. The Bertz CT molecular complexity index is 452. The van der Waals surface area contributed by atoms with Crippen molar-refractivity contribution >= 4 is 41.5 Å². The fourth-order valence-electron chi connectivity index (χ4n) is 1.18. The van der Waals surface area contributed by atoms with E-state index in [9.17, 15) is 9.59 Å². The molecule has 0 spiro atoms. The van der Waals surface area contributed by atoms with Crippen molar-refractivity contribution in [3.8, 4) is 12.1 Å². The Morgan fingerprint density at radius 3 is 1.43 bits per heavy atom. The summed E-state index contributed by atoms with van der Waals surface area (Å²) in [6, 6.07) is 3.69. The number of hydrogen-bond acceptors (Lipinski definition) is 6. The second kappa shape index (κ2) is 9.46. The number of nitriles is 2. The zero-order chi connectivity index (χ0) is 15.8. The van der Waals surface area contributed by atoms with E-state index in [-0.39, 0.29) is 55.2 Å². The predicted octanol–water partition coefficient (Wildman–Crippen LogP) is 1.35. The summed E-state index contributed by atoms with van der Waals surface area (Å²) >= 11 is 0. The minimum absolute atomic E-state index is 0. The third-order valence-corrected chi connectivity index (χ3v) is 2.62. The van der Waals surface area contributed by atoms with Crippen molar-refractivity contribution in [3.05, 3.63) is 0 Å². The van der Waals surface area contributed by atoms with Crippen molar-refractivity contribution in [3.63, 3.8) is 0 Å². The van der Waals surface area contributed by atoms with Crippen molar-refractivity contribution in [2.24, 2.45) is 10.2 Å². The third-order valence-electron chi connectivity index (χ3n) is 2.62. The molecule has 2 N–H and O–H groups in total. The van der Waals surface area contributed by atoms with Gasteiger partial charge in [-0.1, -0.05) is 0 Å². The molecule has 0 aliphatic heterocycles. The first-order valence-corrected chi connectivity index (χ1v) is 5.86. The van der Waals surface area contributed by atoms with Gasteiger partial charge in [0.25, 0.3) is 0 Å². The van der Waals surface area contributed by atoms with Crippen LogP contribution in [0.2, 0.25) is 0 Å². The van der Waals surface area contributed by atoms with Crippen LogP contribution in [0.25, 0.3) is 0 Å². The third kappa shape index (κ3) is 9.14. The molecule has 0 aliphatic carbocycles. The quantitative estimate of drug-likeness (QED) is 0.511. The Labute approximate surface area is 144 Å². The molecule has 0 fully saturated rings. The molecule has 1 radical (unpaired) electrons. The minimum atomic E-state index is -1.35. The summed E-state index contributed by atoms with van der Waals surface area (Å²) in [6.45, 7) is 2.82. The standard InChI is InChI=1S/C12H16N4O4.Na/c1-11(7-13,5-3-9(17)18)15-16-12(2,8-14)6-4-10(19)20;/h3-6H2,1-2H3,(H,17,18)(H,19,20);. The Hall–Kier alpha value is -1.48. The monoisotopic (exact) mass is 303 g/mol. The van der Waals surface area contributed by atoms with Gasteiger partial charge in [0.1, 0.15) is 0 Å². The average Bonchev–Trinajstić information content (AvgIpc) is 2.41. The fourth-order valence-corrected chi connectivity index (χ4v) is 1.18. The molecule has 0 aromatic rings. The van der Waals surface area contributed by atoms with E-state index >= 15 is 0 Å². The molecule has 0 rings (SSSR count). The van der Waals surface area contributed by atoms with E-state index in [0.717, 1.165) is 0 Å². The van der Waals surface area contributed by atoms with E-state index in [2.05, 4.69) is 10.2 Å².